The molecule has 0 radical (unpaired) electrons. The second kappa shape index (κ2) is 8.12. The van der Waals surface area contributed by atoms with E-state index in [4.69, 9.17) is 0 Å². The molecule has 144 valence electrons. The minimum atomic E-state index is -4.12. The number of nitrogens with zero attached hydrogens (tertiary/aromatic N) is 2. The molecule has 0 unspecified atom stereocenters. The maximum Gasteiger partial charge on any atom is 0.246 e. The molecule has 9 heteroatoms. The van der Waals surface area contributed by atoms with Crippen molar-refractivity contribution in [1.82, 2.24) is 9.21 Å². The van der Waals surface area contributed by atoms with Crippen molar-refractivity contribution in [2.24, 2.45) is 0 Å². The first-order chi connectivity index (χ1) is 12.9. The molecule has 1 amide bonds. The van der Waals surface area contributed by atoms with Crippen LogP contribution in [-0.2, 0) is 14.8 Å². The summed E-state index contributed by atoms with van der Waals surface area (Å²) in [6.45, 7) is 0.946. The van der Waals surface area contributed by atoms with E-state index in [9.17, 15) is 22.0 Å². The molecule has 27 heavy (non-hydrogen) atoms. The summed E-state index contributed by atoms with van der Waals surface area (Å²) in [6.07, 6.45) is 0. The van der Waals surface area contributed by atoms with Gasteiger partial charge in [0.25, 0.3) is 0 Å². The largest absolute Gasteiger partial charge is 0.325 e. The Morgan fingerprint density at radius 1 is 1.00 bits per heavy atom. The minimum absolute atomic E-state index is 0.0942. The molecule has 0 aliphatic carbocycles. The third-order valence-corrected chi connectivity index (χ3v) is 6.18. The van der Waals surface area contributed by atoms with Gasteiger partial charge < -0.3 is 5.32 Å². The Bertz CT molecular complexity index is 915. The standard InChI is InChI=1S/C18H19F2N3O3S/c19-14-6-7-16(20)17(12-14)27(25,26)23-10-8-22(9-11-23)13-18(24)21-15-4-2-1-3-5-15/h1-7,12H,8-11,13H2,(H,21,24). The van der Waals surface area contributed by atoms with E-state index in [1.807, 2.05) is 23.1 Å². The van der Waals surface area contributed by atoms with Gasteiger partial charge in [-0.1, -0.05) is 18.2 Å². The van der Waals surface area contributed by atoms with Gasteiger partial charge in [0.2, 0.25) is 15.9 Å². The molecule has 2 aromatic carbocycles. The number of hydrogen-bond donors (Lipinski definition) is 1. The number of benzene rings is 2. The van der Waals surface area contributed by atoms with Gasteiger partial charge in [0.1, 0.15) is 16.5 Å². The number of nitrogens with one attached hydrogen (secondary N) is 1. The van der Waals surface area contributed by atoms with Crippen LogP contribution in [0.5, 0.6) is 0 Å². The maximum absolute atomic E-state index is 13.8. The van der Waals surface area contributed by atoms with Crippen LogP contribution in [0, 0.1) is 11.6 Å². The van der Waals surface area contributed by atoms with Gasteiger partial charge in [-0.25, -0.2) is 17.2 Å². The molecular formula is C18H19F2N3O3S. The van der Waals surface area contributed by atoms with Gasteiger partial charge in [-0.2, -0.15) is 4.31 Å². The average molecular weight is 395 g/mol. The highest BCUT2D eigenvalue weighted by Gasteiger charge is 2.31. The van der Waals surface area contributed by atoms with E-state index in [1.54, 1.807) is 12.1 Å². The van der Waals surface area contributed by atoms with Gasteiger partial charge in [0, 0.05) is 31.9 Å². The third kappa shape index (κ3) is 4.68. The quantitative estimate of drug-likeness (QED) is 0.840. The first kappa shape index (κ1) is 19.4. The molecule has 1 aliphatic rings. The van der Waals surface area contributed by atoms with Crippen LogP contribution in [0.15, 0.2) is 53.4 Å². The van der Waals surface area contributed by atoms with Crippen molar-refractivity contribution in [2.75, 3.05) is 38.0 Å². The Hall–Kier alpha value is -2.36. The fourth-order valence-electron chi connectivity index (χ4n) is 2.87. The number of anilines is 1. The molecule has 1 fully saturated rings. The molecule has 1 saturated heterocycles. The zero-order valence-corrected chi connectivity index (χ0v) is 15.3. The summed E-state index contributed by atoms with van der Waals surface area (Å²) in [5.41, 5.74) is 0.685. The first-order valence-corrected chi connectivity index (χ1v) is 9.83. The van der Waals surface area contributed by atoms with Crippen LogP contribution in [-0.4, -0.2) is 56.3 Å². The summed E-state index contributed by atoms with van der Waals surface area (Å²) in [7, 11) is -4.12. The summed E-state index contributed by atoms with van der Waals surface area (Å²) in [6, 6.07) is 11.4. The number of carbonyl (C=O) groups excluding carboxylic acids is 1. The molecule has 0 saturated carbocycles. The van der Waals surface area contributed by atoms with E-state index in [1.165, 1.54) is 0 Å². The van der Waals surface area contributed by atoms with E-state index in [0.717, 1.165) is 16.4 Å². The van der Waals surface area contributed by atoms with E-state index in [0.29, 0.717) is 24.8 Å². The van der Waals surface area contributed by atoms with Gasteiger partial charge in [0.15, 0.2) is 0 Å². The Balaban J connectivity index is 1.58. The molecule has 0 atom stereocenters. The van der Waals surface area contributed by atoms with Crippen LogP contribution in [0.3, 0.4) is 0 Å². The predicted octanol–water partition coefficient (Wildman–Crippen LogP) is 1.91. The van der Waals surface area contributed by atoms with Crippen molar-refractivity contribution in [3.8, 4) is 0 Å². The number of amides is 1. The van der Waals surface area contributed by atoms with Crippen molar-refractivity contribution < 1.29 is 22.0 Å². The summed E-state index contributed by atoms with van der Waals surface area (Å²) in [5, 5.41) is 2.77. The fourth-order valence-corrected chi connectivity index (χ4v) is 4.37. The molecule has 0 bridgehead atoms. The Morgan fingerprint density at radius 2 is 1.67 bits per heavy atom. The summed E-state index contributed by atoms with van der Waals surface area (Å²) >= 11 is 0. The van der Waals surface area contributed by atoms with Gasteiger partial charge in [0.05, 0.1) is 6.54 Å². The SMILES string of the molecule is O=C(CN1CCN(S(=O)(=O)c2cc(F)ccc2F)CC1)Nc1ccccc1. The van der Waals surface area contributed by atoms with Crippen molar-refractivity contribution >= 4 is 21.6 Å². The van der Waals surface area contributed by atoms with Crippen LogP contribution in [0.25, 0.3) is 0 Å². The topological polar surface area (TPSA) is 69.7 Å². The van der Waals surface area contributed by atoms with Crippen LogP contribution in [0.1, 0.15) is 0 Å². The second-order valence-corrected chi connectivity index (χ2v) is 8.08. The van der Waals surface area contributed by atoms with Crippen molar-refractivity contribution in [3.63, 3.8) is 0 Å². The number of halogens is 2. The lowest BCUT2D eigenvalue weighted by atomic mass is 10.3. The highest BCUT2D eigenvalue weighted by Crippen LogP contribution is 2.21. The molecule has 2 aromatic rings. The maximum atomic E-state index is 13.8. The molecule has 1 aliphatic heterocycles. The van der Waals surface area contributed by atoms with Crippen molar-refractivity contribution in [3.05, 3.63) is 60.2 Å². The summed E-state index contributed by atoms with van der Waals surface area (Å²) < 4.78 is 53.4. The van der Waals surface area contributed by atoms with Crippen LogP contribution < -0.4 is 5.32 Å². The number of para-hydroxylation sites is 1. The normalized spacial score (nSPS) is 16.2. The zero-order chi connectivity index (χ0) is 19.4. The minimum Gasteiger partial charge on any atom is -0.325 e. The fraction of sp³-hybridized carbons (Fsp3) is 0.278. The van der Waals surface area contributed by atoms with Crippen molar-refractivity contribution in [2.45, 2.75) is 4.90 Å². The molecule has 0 spiro atoms. The average Bonchev–Trinajstić information content (AvgIpc) is 2.65. The first-order valence-electron chi connectivity index (χ1n) is 8.39. The smallest absolute Gasteiger partial charge is 0.246 e. The van der Waals surface area contributed by atoms with E-state index < -0.39 is 26.6 Å². The van der Waals surface area contributed by atoms with Gasteiger partial charge >= 0.3 is 0 Å². The van der Waals surface area contributed by atoms with Gasteiger partial charge in [-0.05, 0) is 30.3 Å². The molecule has 0 aromatic heterocycles. The summed E-state index contributed by atoms with van der Waals surface area (Å²) in [4.78, 5) is 13.2. The highest BCUT2D eigenvalue weighted by molar-refractivity contribution is 7.89. The van der Waals surface area contributed by atoms with Gasteiger partial charge in [-0.3, -0.25) is 9.69 Å². The monoisotopic (exact) mass is 395 g/mol. The Morgan fingerprint density at radius 3 is 2.33 bits per heavy atom. The lowest BCUT2D eigenvalue weighted by molar-refractivity contribution is -0.117. The molecule has 3 rings (SSSR count). The van der Waals surface area contributed by atoms with E-state index in [-0.39, 0.29) is 25.5 Å². The number of rotatable bonds is 5. The Kier molecular flexibility index (Phi) is 5.83. The predicted molar refractivity (Wildman–Crippen MR) is 96.6 cm³/mol. The number of carbonyl (C=O) groups is 1. The van der Waals surface area contributed by atoms with E-state index >= 15 is 0 Å². The lowest BCUT2D eigenvalue weighted by Gasteiger charge is -2.33. The van der Waals surface area contributed by atoms with Crippen LogP contribution in [0.2, 0.25) is 0 Å². The number of hydrogen-bond acceptors (Lipinski definition) is 4. The Labute approximate surface area is 156 Å². The van der Waals surface area contributed by atoms with Gasteiger partial charge in [-0.15, -0.1) is 0 Å². The third-order valence-electron chi connectivity index (χ3n) is 4.27. The van der Waals surface area contributed by atoms with E-state index in [2.05, 4.69) is 5.32 Å². The zero-order valence-electron chi connectivity index (χ0n) is 14.4. The molecular weight excluding hydrogens is 376 g/mol. The molecule has 6 nitrogen and oxygen atoms in total. The number of piperazine rings is 1. The molecule has 1 N–H and O–H groups in total. The highest BCUT2D eigenvalue weighted by atomic mass is 32.2. The van der Waals surface area contributed by atoms with Crippen molar-refractivity contribution in [1.29, 1.82) is 0 Å². The van der Waals surface area contributed by atoms with Crippen LogP contribution >= 0.6 is 0 Å². The molecule has 1 heterocycles. The second-order valence-electron chi connectivity index (χ2n) is 6.17. The number of sulfonamides is 1. The lowest BCUT2D eigenvalue weighted by Crippen LogP contribution is -2.50. The summed E-state index contributed by atoms with van der Waals surface area (Å²) in [5.74, 6) is -2.00. The van der Waals surface area contributed by atoms with Crippen LogP contribution in [0.4, 0.5) is 14.5 Å².